The molecule has 0 aliphatic carbocycles. The van der Waals surface area contributed by atoms with Gasteiger partial charge in [0.2, 0.25) is 0 Å². The third kappa shape index (κ3) is 2.60. The Bertz CT molecular complexity index is 327. The van der Waals surface area contributed by atoms with Crippen LogP contribution < -0.4 is 5.32 Å². The molecule has 15 heavy (non-hydrogen) atoms. The Hall–Kier alpha value is -0.820. The Morgan fingerprint density at radius 3 is 1.93 bits per heavy atom. The van der Waals surface area contributed by atoms with Crippen molar-refractivity contribution in [2.45, 2.75) is 47.1 Å². The van der Waals surface area contributed by atoms with Crippen LogP contribution in [0.2, 0.25) is 0 Å². The van der Waals surface area contributed by atoms with E-state index in [0.29, 0.717) is 6.04 Å². The summed E-state index contributed by atoms with van der Waals surface area (Å²) < 4.78 is 0. The summed E-state index contributed by atoms with van der Waals surface area (Å²) in [4.78, 5) is 0. The number of likely N-dealkylation sites (N-methyl/N-ethyl adjacent to an activating group) is 1. The summed E-state index contributed by atoms with van der Waals surface area (Å²) >= 11 is 0. The Kier molecular flexibility index (Phi) is 3.92. The maximum atomic E-state index is 3.31. The van der Waals surface area contributed by atoms with Gasteiger partial charge < -0.3 is 5.32 Å². The molecule has 1 rings (SSSR count). The monoisotopic (exact) mass is 205 g/mol. The highest BCUT2D eigenvalue weighted by molar-refractivity contribution is 5.44. The normalized spacial score (nSPS) is 12.9. The Morgan fingerprint density at radius 2 is 1.53 bits per heavy atom. The fraction of sp³-hybridized carbons (Fsp3) is 0.571. The highest BCUT2D eigenvalue weighted by atomic mass is 14.8. The summed E-state index contributed by atoms with van der Waals surface area (Å²) in [6.45, 7) is 11.1. The SMILES string of the molecule is CNC(C)Cc1c(C)c(C)cc(C)c1C. The molecule has 1 aromatic rings. The summed E-state index contributed by atoms with van der Waals surface area (Å²) in [5.41, 5.74) is 7.27. The van der Waals surface area contributed by atoms with Crippen molar-refractivity contribution in [3.8, 4) is 0 Å². The second-order valence-electron chi connectivity index (χ2n) is 4.63. The van der Waals surface area contributed by atoms with Crippen LogP contribution in [0, 0.1) is 27.7 Å². The number of nitrogens with one attached hydrogen (secondary N) is 1. The summed E-state index contributed by atoms with van der Waals surface area (Å²) in [6.07, 6.45) is 1.12. The van der Waals surface area contributed by atoms with Crippen molar-refractivity contribution >= 4 is 0 Å². The number of hydrogen-bond donors (Lipinski definition) is 1. The van der Waals surface area contributed by atoms with Gasteiger partial charge in [-0.1, -0.05) is 6.07 Å². The van der Waals surface area contributed by atoms with E-state index >= 15 is 0 Å². The van der Waals surface area contributed by atoms with Crippen LogP contribution >= 0.6 is 0 Å². The van der Waals surface area contributed by atoms with Crippen LogP contribution in [0.5, 0.6) is 0 Å². The lowest BCUT2D eigenvalue weighted by molar-refractivity contribution is 0.605. The molecule has 0 saturated carbocycles. The van der Waals surface area contributed by atoms with Gasteiger partial charge in [-0.3, -0.25) is 0 Å². The number of hydrogen-bond acceptors (Lipinski definition) is 1. The summed E-state index contributed by atoms with van der Waals surface area (Å²) in [5.74, 6) is 0. The molecule has 0 radical (unpaired) electrons. The predicted octanol–water partition coefficient (Wildman–Crippen LogP) is 3.07. The predicted molar refractivity (Wildman–Crippen MR) is 67.6 cm³/mol. The fourth-order valence-corrected chi connectivity index (χ4v) is 2.01. The Labute approximate surface area is 93.9 Å². The standard InChI is InChI=1S/C14H23N/c1-9-7-10(2)13(5)14(12(9)4)8-11(3)15-6/h7,11,15H,8H2,1-6H3. The van der Waals surface area contributed by atoms with Gasteiger partial charge in [-0.25, -0.2) is 0 Å². The molecule has 1 atom stereocenters. The third-order valence-electron chi connectivity index (χ3n) is 3.52. The molecule has 1 N–H and O–H groups in total. The number of aryl methyl sites for hydroxylation is 2. The minimum atomic E-state index is 0.545. The van der Waals surface area contributed by atoms with E-state index in [1.54, 1.807) is 0 Å². The van der Waals surface area contributed by atoms with E-state index < -0.39 is 0 Å². The van der Waals surface area contributed by atoms with E-state index in [-0.39, 0.29) is 0 Å². The van der Waals surface area contributed by atoms with E-state index in [1.807, 2.05) is 7.05 Å². The van der Waals surface area contributed by atoms with Gasteiger partial charge in [0.1, 0.15) is 0 Å². The molecule has 1 heteroatoms. The summed E-state index contributed by atoms with van der Waals surface area (Å²) in [5, 5.41) is 3.31. The van der Waals surface area contributed by atoms with E-state index in [0.717, 1.165) is 6.42 Å². The van der Waals surface area contributed by atoms with Gasteiger partial charge in [0, 0.05) is 6.04 Å². The quantitative estimate of drug-likeness (QED) is 0.799. The van der Waals surface area contributed by atoms with Crippen LogP contribution in [0.25, 0.3) is 0 Å². The molecule has 0 fully saturated rings. The molecule has 0 amide bonds. The molecular weight excluding hydrogens is 182 g/mol. The highest BCUT2D eigenvalue weighted by Crippen LogP contribution is 2.22. The zero-order valence-electron chi connectivity index (χ0n) is 10.9. The lowest BCUT2D eigenvalue weighted by Crippen LogP contribution is -2.24. The van der Waals surface area contributed by atoms with Crippen LogP contribution in [0.15, 0.2) is 6.07 Å². The van der Waals surface area contributed by atoms with E-state index in [4.69, 9.17) is 0 Å². The molecule has 1 aromatic carbocycles. The first-order chi connectivity index (χ1) is 6.97. The zero-order valence-corrected chi connectivity index (χ0v) is 10.9. The van der Waals surface area contributed by atoms with Gasteiger partial charge in [0.25, 0.3) is 0 Å². The lowest BCUT2D eigenvalue weighted by atomic mass is 9.90. The second-order valence-corrected chi connectivity index (χ2v) is 4.63. The van der Waals surface area contributed by atoms with E-state index in [1.165, 1.54) is 27.8 Å². The van der Waals surface area contributed by atoms with Crippen molar-refractivity contribution in [2.24, 2.45) is 0 Å². The van der Waals surface area contributed by atoms with Crippen LogP contribution in [0.1, 0.15) is 34.7 Å². The maximum Gasteiger partial charge on any atom is 0.00763 e. The van der Waals surface area contributed by atoms with Crippen molar-refractivity contribution in [3.63, 3.8) is 0 Å². The van der Waals surface area contributed by atoms with Crippen molar-refractivity contribution in [1.29, 1.82) is 0 Å². The Morgan fingerprint density at radius 1 is 1.07 bits per heavy atom. The molecule has 0 aliphatic rings. The molecule has 0 saturated heterocycles. The minimum absolute atomic E-state index is 0.545. The largest absolute Gasteiger partial charge is 0.317 e. The van der Waals surface area contributed by atoms with Gasteiger partial charge in [-0.05, 0) is 75.9 Å². The van der Waals surface area contributed by atoms with E-state index in [9.17, 15) is 0 Å². The van der Waals surface area contributed by atoms with Gasteiger partial charge in [0.05, 0.1) is 0 Å². The maximum absolute atomic E-state index is 3.31. The van der Waals surface area contributed by atoms with Crippen LogP contribution in [0.4, 0.5) is 0 Å². The topological polar surface area (TPSA) is 12.0 Å². The van der Waals surface area contributed by atoms with Crippen LogP contribution in [-0.2, 0) is 6.42 Å². The third-order valence-corrected chi connectivity index (χ3v) is 3.52. The molecule has 1 nitrogen and oxygen atoms in total. The summed E-state index contributed by atoms with van der Waals surface area (Å²) in [6, 6.07) is 2.83. The Balaban J connectivity index is 3.15. The van der Waals surface area contributed by atoms with Crippen molar-refractivity contribution in [3.05, 3.63) is 33.9 Å². The zero-order chi connectivity index (χ0) is 11.6. The lowest BCUT2D eigenvalue weighted by Gasteiger charge is -2.18. The van der Waals surface area contributed by atoms with Gasteiger partial charge in [-0.15, -0.1) is 0 Å². The molecule has 0 heterocycles. The average Bonchev–Trinajstić information content (AvgIpc) is 2.21. The smallest absolute Gasteiger partial charge is 0.00763 e. The van der Waals surface area contributed by atoms with Gasteiger partial charge >= 0.3 is 0 Å². The van der Waals surface area contributed by atoms with Gasteiger partial charge in [-0.2, -0.15) is 0 Å². The minimum Gasteiger partial charge on any atom is -0.317 e. The first-order valence-electron chi connectivity index (χ1n) is 5.71. The molecule has 0 aliphatic heterocycles. The van der Waals surface area contributed by atoms with Crippen molar-refractivity contribution in [2.75, 3.05) is 7.05 Å². The fourth-order valence-electron chi connectivity index (χ4n) is 2.01. The molecular formula is C14H23N. The first-order valence-corrected chi connectivity index (χ1v) is 5.71. The van der Waals surface area contributed by atoms with E-state index in [2.05, 4.69) is 46.0 Å². The molecule has 1 unspecified atom stereocenters. The summed E-state index contributed by atoms with van der Waals surface area (Å²) in [7, 11) is 2.03. The molecule has 84 valence electrons. The molecule has 0 aromatic heterocycles. The van der Waals surface area contributed by atoms with Crippen molar-refractivity contribution in [1.82, 2.24) is 5.32 Å². The molecule has 0 bridgehead atoms. The van der Waals surface area contributed by atoms with Crippen molar-refractivity contribution < 1.29 is 0 Å². The highest BCUT2D eigenvalue weighted by Gasteiger charge is 2.10. The van der Waals surface area contributed by atoms with Crippen LogP contribution in [0.3, 0.4) is 0 Å². The van der Waals surface area contributed by atoms with Crippen LogP contribution in [-0.4, -0.2) is 13.1 Å². The first kappa shape index (κ1) is 12.3. The average molecular weight is 205 g/mol. The van der Waals surface area contributed by atoms with Gasteiger partial charge in [0.15, 0.2) is 0 Å². The second kappa shape index (κ2) is 4.80. The molecule has 0 spiro atoms. The number of benzene rings is 1. The number of rotatable bonds is 3.